The molecule has 0 rings (SSSR count). The van der Waals surface area contributed by atoms with Crippen molar-refractivity contribution in [3.8, 4) is 0 Å². The fraction of sp³-hybridized carbons (Fsp3) is 0.667. The van der Waals surface area contributed by atoms with Gasteiger partial charge in [-0.2, -0.15) is 0 Å². The average Bonchev–Trinajstić information content (AvgIpc) is 2.02. The molecule has 0 aromatic heterocycles. The van der Waals surface area contributed by atoms with Crippen LogP contribution in [0.25, 0.3) is 0 Å². The second kappa shape index (κ2) is 15.1. The molecule has 0 saturated carbocycles. The molecule has 0 aromatic rings. The third-order valence-corrected chi connectivity index (χ3v) is 1.39. The molecule has 88 valence electrons. The third kappa shape index (κ3) is 93.7. The van der Waals surface area contributed by atoms with E-state index in [1.807, 2.05) is 0 Å². The number of rotatable bonds is 1. The lowest BCUT2D eigenvalue weighted by atomic mass is 10.9. The monoisotopic (exact) mass is 360 g/mol. The van der Waals surface area contributed by atoms with E-state index < -0.39 is 3.79 Å². The molecule has 14 heavy (non-hydrogen) atoms. The van der Waals surface area contributed by atoms with Gasteiger partial charge in [-0.3, -0.25) is 0 Å². The van der Waals surface area contributed by atoms with Crippen LogP contribution in [0.1, 0.15) is 6.92 Å². The van der Waals surface area contributed by atoms with E-state index >= 15 is 0 Å². The zero-order chi connectivity index (χ0) is 12.2. The lowest BCUT2D eigenvalue weighted by Crippen LogP contribution is -1.87. The Morgan fingerprint density at radius 1 is 1.07 bits per heavy atom. The quantitative estimate of drug-likeness (QED) is 0.477. The topological polar surface area (TPSA) is 0 Å². The van der Waals surface area contributed by atoms with Crippen molar-refractivity contribution in [1.82, 2.24) is 0 Å². The summed E-state index contributed by atoms with van der Waals surface area (Å²) in [5.74, 6) is 1.11. The Hall–Kier alpha value is 2.06. The van der Waals surface area contributed by atoms with Gasteiger partial charge in [0.15, 0.2) is 3.79 Å². The highest BCUT2D eigenvalue weighted by Crippen LogP contribution is 2.23. The Bertz CT molecular complexity index is 114. The summed E-state index contributed by atoms with van der Waals surface area (Å²) in [5, 5.41) is 0. The molecule has 0 aromatic carbocycles. The highest BCUT2D eigenvalue weighted by Gasteiger charge is 2.07. The van der Waals surface area contributed by atoms with Crippen LogP contribution in [0.2, 0.25) is 0 Å². The second-order valence-corrected chi connectivity index (χ2v) is 6.39. The van der Waals surface area contributed by atoms with E-state index in [0.717, 1.165) is 5.54 Å². The van der Waals surface area contributed by atoms with Gasteiger partial charge < -0.3 is 0 Å². The van der Waals surface area contributed by atoms with Crippen molar-refractivity contribution in [3.63, 3.8) is 0 Å². The van der Waals surface area contributed by atoms with Gasteiger partial charge in [-0.25, -0.2) is 0 Å². The van der Waals surface area contributed by atoms with Crippen molar-refractivity contribution in [2.45, 2.75) is 10.7 Å². The Balaban J connectivity index is -0.000000131. The summed E-state index contributed by atoms with van der Waals surface area (Å²) in [7, 11) is 0. The lowest BCUT2D eigenvalue weighted by Gasteiger charge is -1.94. The molecular weight excluding hydrogens is 356 g/mol. The first-order valence-electron chi connectivity index (χ1n) is 2.99. The van der Waals surface area contributed by atoms with Gasteiger partial charge in [0.1, 0.15) is 4.49 Å². The van der Waals surface area contributed by atoms with Gasteiger partial charge in [-0.15, -0.1) is 23.2 Å². The van der Waals surface area contributed by atoms with E-state index in [-0.39, 0.29) is 4.49 Å². The smallest absolute Gasteiger partial charge is 0.125 e. The summed E-state index contributed by atoms with van der Waals surface area (Å²) in [5.41, 5.74) is 1.09. The van der Waals surface area contributed by atoms with E-state index in [1.54, 1.807) is 0 Å². The van der Waals surface area contributed by atoms with Gasteiger partial charge in [-0.05, 0) is 6.92 Å². The molecule has 8 heteroatoms. The molecule has 0 radical (unpaired) electrons. The molecule has 0 atom stereocenters. The molecule has 0 bridgehead atoms. The van der Waals surface area contributed by atoms with Crippen LogP contribution >= 0.6 is 92.8 Å². The van der Waals surface area contributed by atoms with Gasteiger partial charge in [0.05, 0.1) is 0 Å². The summed E-state index contributed by atoms with van der Waals surface area (Å²) in [4.78, 5) is 0. The van der Waals surface area contributed by atoms with Gasteiger partial charge in [0.2, 0.25) is 0 Å². The van der Waals surface area contributed by atoms with Crippen molar-refractivity contribution >= 4 is 92.8 Å². The van der Waals surface area contributed by atoms with Crippen molar-refractivity contribution in [2.75, 3.05) is 11.8 Å². The number of alkyl halides is 5. The van der Waals surface area contributed by atoms with E-state index in [9.17, 15) is 0 Å². The third-order valence-electron chi connectivity index (χ3n) is 0.154. The van der Waals surface area contributed by atoms with Crippen molar-refractivity contribution in [1.29, 1.82) is 0 Å². The molecule has 0 saturated heterocycles. The molecule has 0 amide bonds. The first-order chi connectivity index (χ1) is 6.18. The maximum absolute atomic E-state index is 5.06. The van der Waals surface area contributed by atoms with E-state index in [0.29, 0.717) is 11.8 Å². The zero-order valence-electron chi connectivity index (χ0n) is 7.02. The predicted molar refractivity (Wildman–Crippen MR) is 73.0 cm³/mol. The average molecular weight is 364 g/mol. The first kappa shape index (κ1) is 21.4. The standard InChI is InChI=1S/C2H3Cl3.C2HCl3.C2H4Cl2/c1-2(3,4)5;3-1-2(4)5;3-1-2-4/h1H3;1H;1-2H2. The van der Waals surface area contributed by atoms with Crippen LogP contribution in [-0.2, 0) is 0 Å². The van der Waals surface area contributed by atoms with Gasteiger partial charge in [0, 0.05) is 17.3 Å². The molecule has 0 aliphatic carbocycles. The van der Waals surface area contributed by atoms with Crippen LogP contribution in [0.5, 0.6) is 0 Å². The van der Waals surface area contributed by atoms with Gasteiger partial charge >= 0.3 is 0 Å². The number of hydrogen-bond acceptors (Lipinski definition) is 0. The van der Waals surface area contributed by atoms with E-state index in [1.165, 1.54) is 6.92 Å². The Labute approximate surface area is 124 Å². The summed E-state index contributed by atoms with van der Waals surface area (Å²) in [6.45, 7) is 1.48. The summed E-state index contributed by atoms with van der Waals surface area (Å²) < 4.78 is -0.994. The minimum Gasteiger partial charge on any atom is -0.125 e. The van der Waals surface area contributed by atoms with E-state index in [4.69, 9.17) is 92.8 Å². The second-order valence-electron chi connectivity index (χ2n) is 1.56. The summed E-state index contributed by atoms with van der Waals surface area (Å²) in [6, 6.07) is 0. The van der Waals surface area contributed by atoms with Crippen LogP contribution in [0.4, 0.5) is 0 Å². The highest BCUT2D eigenvalue weighted by molar-refractivity contribution is 6.67. The molecule has 0 N–H and O–H groups in total. The highest BCUT2D eigenvalue weighted by atomic mass is 35.6. The first-order valence-corrected chi connectivity index (χ1v) is 6.38. The minimum absolute atomic E-state index is 0.0895. The largest absolute Gasteiger partial charge is 0.187 e. The molecule has 0 aliphatic heterocycles. The van der Waals surface area contributed by atoms with E-state index in [2.05, 4.69) is 0 Å². The van der Waals surface area contributed by atoms with Gasteiger partial charge in [-0.1, -0.05) is 69.6 Å². The molecule has 0 spiro atoms. The van der Waals surface area contributed by atoms with Crippen LogP contribution in [0, 0.1) is 0 Å². The predicted octanol–water partition coefficient (Wildman–Crippen LogP) is 6.34. The molecule has 0 heterocycles. The van der Waals surface area contributed by atoms with Crippen molar-refractivity contribution in [3.05, 3.63) is 10.0 Å². The Morgan fingerprint density at radius 2 is 1.21 bits per heavy atom. The zero-order valence-corrected chi connectivity index (χ0v) is 13.1. The molecule has 0 unspecified atom stereocenters. The molecule has 0 fully saturated rings. The SMILES string of the molecule is CC(Cl)(Cl)Cl.ClC=C(Cl)Cl.ClCCCl. The molecule has 0 nitrogen and oxygen atoms in total. The Kier molecular flexibility index (Phi) is 23.0. The van der Waals surface area contributed by atoms with Crippen LogP contribution in [0.15, 0.2) is 10.0 Å². The van der Waals surface area contributed by atoms with Crippen LogP contribution < -0.4 is 0 Å². The molecule has 0 aliphatic rings. The van der Waals surface area contributed by atoms with Crippen LogP contribution in [0.3, 0.4) is 0 Å². The number of hydrogen-bond donors (Lipinski definition) is 0. The molecular formula is C6H8Cl8. The summed E-state index contributed by atoms with van der Waals surface area (Å²) in [6.07, 6.45) is 0. The normalized spacial score (nSPS) is 8.93. The minimum atomic E-state index is -1.08. The maximum Gasteiger partial charge on any atom is 0.187 e. The fourth-order valence-electron chi connectivity index (χ4n) is 0. The number of halogens is 8. The lowest BCUT2D eigenvalue weighted by molar-refractivity contribution is 1.27. The van der Waals surface area contributed by atoms with Crippen LogP contribution in [-0.4, -0.2) is 15.6 Å². The van der Waals surface area contributed by atoms with Gasteiger partial charge in [0.25, 0.3) is 0 Å². The van der Waals surface area contributed by atoms with Crippen molar-refractivity contribution < 1.29 is 0 Å². The Morgan fingerprint density at radius 3 is 1.21 bits per heavy atom. The summed E-state index contributed by atoms with van der Waals surface area (Å²) >= 11 is 40.1. The fourth-order valence-corrected chi connectivity index (χ4v) is 0. The maximum atomic E-state index is 5.06. The van der Waals surface area contributed by atoms with Crippen molar-refractivity contribution in [2.24, 2.45) is 0 Å².